The van der Waals surface area contributed by atoms with Crippen molar-refractivity contribution in [2.24, 2.45) is 11.8 Å². The second-order valence-corrected chi connectivity index (χ2v) is 11.3. The Morgan fingerprint density at radius 3 is 2.69 bits per heavy atom. The molecule has 3 rings (SSSR count). The minimum absolute atomic E-state index is 0.0104. The first kappa shape index (κ1) is 25.1. The summed E-state index contributed by atoms with van der Waals surface area (Å²) in [6, 6.07) is 0.677. The monoisotopic (exact) mass is 493 g/mol. The Morgan fingerprint density at radius 2 is 2.09 bits per heavy atom. The van der Waals surface area contributed by atoms with Gasteiger partial charge in [-0.3, -0.25) is 28.2 Å². The molecule has 6 atom stereocenters. The summed E-state index contributed by atoms with van der Waals surface area (Å²) in [6.45, 7) is 8.70. The minimum Gasteiger partial charge on any atom is -0.464 e. The lowest BCUT2D eigenvalue weighted by Crippen LogP contribution is -2.48. The maximum atomic E-state index is 13.4. The Hall–Kier alpha value is -1.49. The topological polar surface area (TPSA) is 138 Å². The molecule has 180 valence electrons. The maximum absolute atomic E-state index is 13.4. The molecule has 0 bridgehead atoms. The van der Waals surface area contributed by atoms with Gasteiger partial charge in [-0.05, 0) is 12.8 Å². The second-order valence-electron chi connectivity index (χ2n) is 8.78. The average molecular weight is 494 g/mol. The van der Waals surface area contributed by atoms with E-state index < -0.39 is 48.3 Å². The first-order chi connectivity index (χ1) is 14.8. The summed E-state index contributed by atoms with van der Waals surface area (Å²) in [6.07, 6.45) is -1.29. The molecular formula is C19H29ClN3O8P. The summed E-state index contributed by atoms with van der Waals surface area (Å²) >= 11 is 6.74. The van der Waals surface area contributed by atoms with Gasteiger partial charge in [-0.1, -0.05) is 27.7 Å². The Kier molecular flexibility index (Phi) is 7.39. The van der Waals surface area contributed by atoms with Crippen LogP contribution >= 0.6 is 19.3 Å². The van der Waals surface area contributed by atoms with Crippen molar-refractivity contribution in [3.05, 3.63) is 33.1 Å². The summed E-state index contributed by atoms with van der Waals surface area (Å²) in [5.41, 5.74) is -1.24. The molecule has 2 aliphatic rings. The van der Waals surface area contributed by atoms with Crippen molar-refractivity contribution in [3.63, 3.8) is 0 Å². The third kappa shape index (κ3) is 5.18. The quantitative estimate of drug-likeness (QED) is 0.330. The van der Waals surface area contributed by atoms with Crippen LogP contribution in [0.2, 0.25) is 0 Å². The Morgan fingerprint density at radius 1 is 1.41 bits per heavy atom. The number of hydrogen-bond acceptors (Lipinski definition) is 8. The van der Waals surface area contributed by atoms with Gasteiger partial charge in [-0.15, -0.1) is 11.6 Å². The first-order valence-electron chi connectivity index (χ1n) is 10.4. The standard InChI is InChI=1S/C19H29ClN3O8P/c1-10(2)12(8-28-16(25)11(3)4)22-32(27)29-9-13-15(31-32)19(5,20)17(30-13)23-7-6-14(24)21-18(23)26/h6-7,10-13,15,17H,8-9H2,1-5H3,(H,22,27)(H,21,24,26)/t12-,13+,15+,17+,19+,32+/m0/s1. The zero-order chi connectivity index (χ0) is 23.8. The van der Waals surface area contributed by atoms with Gasteiger partial charge < -0.3 is 9.47 Å². The summed E-state index contributed by atoms with van der Waals surface area (Å²) in [5.74, 6) is -0.712. The van der Waals surface area contributed by atoms with Gasteiger partial charge in [-0.25, -0.2) is 14.4 Å². The fourth-order valence-electron chi connectivity index (χ4n) is 3.46. The van der Waals surface area contributed by atoms with E-state index in [0.717, 1.165) is 4.57 Å². The average Bonchev–Trinajstić information content (AvgIpc) is 2.94. The van der Waals surface area contributed by atoms with Crippen LogP contribution in [0.25, 0.3) is 0 Å². The van der Waals surface area contributed by atoms with E-state index >= 15 is 0 Å². The first-order valence-corrected chi connectivity index (χ1v) is 12.3. The van der Waals surface area contributed by atoms with Crippen LogP contribution in [0, 0.1) is 11.8 Å². The molecule has 0 aromatic carbocycles. The molecule has 13 heteroatoms. The highest BCUT2D eigenvalue weighted by Crippen LogP contribution is 2.57. The lowest BCUT2D eigenvalue weighted by Gasteiger charge is -2.37. The number of carbonyl (C=O) groups is 1. The smallest absolute Gasteiger partial charge is 0.406 e. The van der Waals surface area contributed by atoms with Crippen LogP contribution < -0.4 is 16.3 Å². The van der Waals surface area contributed by atoms with Crippen molar-refractivity contribution in [3.8, 4) is 0 Å². The molecule has 32 heavy (non-hydrogen) atoms. The maximum Gasteiger partial charge on any atom is 0.406 e. The molecule has 0 saturated carbocycles. The molecule has 0 unspecified atom stereocenters. The third-order valence-electron chi connectivity index (χ3n) is 5.45. The number of H-pyrrole nitrogens is 1. The predicted molar refractivity (Wildman–Crippen MR) is 115 cm³/mol. The molecule has 2 saturated heterocycles. The number of carbonyl (C=O) groups excluding carboxylic acids is 1. The van der Waals surface area contributed by atoms with Crippen molar-refractivity contribution in [2.45, 2.75) is 64.0 Å². The third-order valence-corrected chi connectivity index (χ3v) is 7.49. The van der Waals surface area contributed by atoms with E-state index in [9.17, 15) is 18.9 Å². The number of alkyl halides is 1. The fraction of sp³-hybridized carbons (Fsp3) is 0.737. The van der Waals surface area contributed by atoms with Gasteiger partial charge in [0, 0.05) is 12.3 Å². The fourth-order valence-corrected chi connectivity index (χ4v) is 5.84. The molecule has 2 aliphatic heterocycles. The van der Waals surface area contributed by atoms with Gasteiger partial charge >= 0.3 is 19.4 Å². The SMILES string of the molecule is CC(C)C(=O)OC[C@H](N[P@@]1(=O)OC[C@H]2O[C@@H](n3ccc(=O)[nH]c3=O)[C@](C)(Cl)[C@@H]2O1)C(C)C. The number of nitrogens with zero attached hydrogens (tertiary/aromatic N) is 1. The van der Waals surface area contributed by atoms with Crippen molar-refractivity contribution < 1.29 is 27.9 Å². The number of ether oxygens (including phenoxy) is 2. The molecule has 0 radical (unpaired) electrons. The van der Waals surface area contributed by atoms with Gasteiger partial charge in [0.15, 0.2) is 6.23 Å². The summed E-state index contributed by atoms with van der Waals surface area (Å²) in [4.78, 5) is 36.3. The molecule has 0 amide bonds. The van der Waals surface area contributed by atoms with Gasteiger partial charge in [0.2, 0.25) is 0 Å². The molecule has 11 nitrogen and oxygen atoms in total. The Bertz CT molecular complexity index is 1010. The van der Waals surface area contributed by atoms with Crippen molar-refractivity contribution in [1.82, 2.24) is 14.6 Å². The molecule has 1 aromatic rings. The van der Waals surface area contributed by atoms with E-state index in [-0.39, 0.29) is 31.0 Å². The van der Waals surface area contributed by atoms with Crippen molar-refractivity contribution >= 4 is 25.3 Å². The Balaban J connectivity index is 1.76. The molecule has 0 spiro atoms. The lowest BCUT2D eigenvalue weighted by molar-refractivity contribution is -0.148. The van der Waals surface area contributed by atoms with E-state index in [1.165, 1.54) is 12.3 Å². The number of fused-ring (bicyclic) bond motifs is 1. The lowest BCUT2D eigenvalue weighted by atomic mass is 10.0. The zero-order valence-corrected chi connectivity index (χ0v) is 20.2. The van der Waals surface area contributed by atoms with Crippen LogP contribution in [-0.2, 0) is 27.9 Å². The summed E-state index contributed by atoms with van der Waals surface area (Å²) in [5, 5.41) is 2.85. The number of hydrogen-bond donors (Lipinski definition) is 2. The summed E-state index contributed by atoms with van der Waals surface area (Å²) in [7, 11) is -3.85. The van der Waals surface area contributed by atoms with Crippen molar-refractivity contribution in [2.75, 3.05) is 13.2 Å². The second kappa shape index (κ2) is 9.40. The highest BCUT2D eigenvalue weighted by atomic mass is 35.5. The predicted octanol–water partition coefficient (Wildman–Crippen LogP) is 1.77. The van der Waals surface area contributed by atoms with E-state index in [2.05, 4.69) is 10.1 Å². The van der Waals surface area contributed by atoms with E-state index in [1.807, 2.05) is 13.8 Å². The number of esters is 1. The number of aromatic nitrogens is 2. The van der Waals surface area contributed by atoms with E-state index in [1.54, 1.807) is 20.8 Å². The number of aromatic amines is 1. The molecular weight excluding hydrogens is 465 g/mol. The van der Waals surface area contributed by atoms with Crippen LogP contribution in [0.4, 0.5) is 0 Å². The van der Waals surface area contributed by atoms with Gasteiger partial charge in [0.1, 0.15) is 23.7 Å². The van der Waals surface area contributed by atoms with Gasteiger partial charge in [0.25, 0.3) is 5.56 Å². The van der Waals surface area contributed by atoms with E-state index in [4.69, 9.17) is 30.1 Å². The molecule has 0 aliphatic carbocycles. The van der Waals surface area contributed by atoms with Crippen LogP contribution in [0.15, 0.2) is 21.9 Å². The largest absolute Gasteiger partial charge is 0.464 e. The normalized spacial score (nSPS) is 33.3. The van der Waals surface area contributed by atoms with Crippen LogP contribution in [0.1, 0.15) is 40.8 Å². The summed E-state index contributed by atoms with van der Waals surface area (Å²) < 4.78 is 37.0. The number of rotatable bonds is 7. The Labute approximate surface area is 190 Å². The molecule has 3 heterocycles. The van der Waals surface area contributed by atoms with E-state index in [0.29, 0.717) is 0 Å². The van der Waals surface area contributed by atoms with Gasteiger partial charge in [-0.2, -0.15) is 0 Å². The molecule has 1 aromatic heterocycles. The zero-order valence-electron chi connectivity index (χ0n) is 18.6. The highest BCUT2D eigenvalue weighted by molar-refractivity contribution is 7.51. The van der Waals surface area contributed by atoms with Crippen LogP contribution in [0.5, 0.6) is 0 Å². The van der Waals surface area contributed by atoms with Gasteiger partial charge in [0.05, 0.1) is 18.6 Å². The number of halogens is 1. The molecule has 2 fully saturated rings. The minimum atomic E-state index is -3.85. The molecule has 2 N–H and O–H groups in total. The van der Waals surface area contributed by atoms with Crippen LogP contribution in [-0.4, -0.2) is 51.9 Å². The van der Waals surface area contributed by atoms with Crippen molar-refractivity contribution in [1.29, 1.82) is 0 Å². The van der Waals surface area contributed by atoms with Crippen LogP contribution in [0.3, 0.4) is 0 Å². The number of nitrogens with one attached hydrogen (secondary N) is 2. The highest BCUT2D eigenvalue weighted by Gasteiger charge is 2.60.